The fraction of sp³-hybridized carbons (Fsp3) is 0.292. The number of thiazole rings is 1. The highest BCUT2D eigenvalue weighted by atomic mass is 32.2. The lowest BCUT2D eigenvalue weighted by atomic mass is 10.0. The minimum atomic E-state index is -3.57. The topological polar surface area (TPSA) is 151 Å². The Balaban J connectivity index is 1.50. The van der Waals surface area contributed by atoms with Gasteiger partial charge in [0, 0.05) is 42.8 Å². The quantitative estimate of drug-likeness (QED) is 0.280. The number of fused-ring (bicyclic) bond motifs is 1. The van der Waals surface area contributed by atoms with Crippen LogP contribution in [0.4, 0.5) is 15.9 Å². The molecule has 4 heterocycles. The van der Waals surface area contributed by atoms with Gasteiger partial charge in [-0.1, -0.05) is 17.4 Å². The van der Waals surface area contributed by atoms with Crippen LogP contribution < -0.4 is 20.7 Å². The molecule has 1 saturated heterocycles. The van der Waals surface area contributed by atoms with E-state index in [4.69, 9.17) is 0 Å². The average Bonchev–Trinajstić information content (AvgIpc) is 3.55. The predicted octanol–water partition coefficient (Wildman–Crippen LogP) is 3.37. The summed E-state index contributed by atoms with van der Waals surface area (Å²) >= 11 is 1.37. The van der Waals surface area contributed by atoms with E-state index in [9.17, 15) is 13.2 Å². The lowest BCUT2D eigenvalue weighted by molar-refractivity contribution is 0.252. The van der Waals surface area contributed by atoms with Gasteiger partial charge in [-0.3, -0.25) is 15.0 Å². The first kappa shape index (κ1) is 25.0. The number of sulfonamides is 1. The van der Waals surface area contributed by atoms with E-state index in [0.717, 1.165) is 27.1 Å². The molecule has 4 aromatic rings. The van der Waals surface area contributed by atoms with Gasteiger partial charge in [0.1, 0.15) is 0 Å². The van der Waals surface area contributed by atoms with Crippen LogP contribution in [0.5, 0.6) is 0 Å². The van der Waals surface area contributed by atoms with Crippen LogP contribution in [-0.2, 0) is 10.0 Å². The van der Waals surface area contributed by atoms with Crippen LogP contribution in [0.2, 0.25) is 0 Å². The van der Waals surface area contributed by atoms with Crippen molar-refractivity contribution >= 4 is 48.7 Å². The van der Waals surface area contributed by atoms with Gasteiger partial charge in [-0.15, -0.1) is 0 Å². The van der Waals surface area contributed by atoms with E-state index in [1.54, 1.807) is 18.6 Å². The maximum absolute atomic E-state index is 12.6. The van der Waals surface area contributed by atoms with Gasteiger partial charge in [-0.25, -0.2) is 28.2 Å². The molecule has 192 valence electrons. The molecule has 0 saturated carbocycles. The summed E-state index contributed by atoms with van der Waals surface area (Å²) < 4.78 is 28.5. The van der Waals surface area contributed by atoms with Crippen molar-refractivity contribution < 1.29 is 13.2 Å². The van der Waals surface area contributed by atoms with E-state index in [0.29, 0.717) is 42.3 Å². The molecule has 0 bridgehead atoms. The smallest absolute Gasteiger partial charge is 0.321 e. The van der Waals surface area contributed by atoms with Crippen LogP contribution in [0.15, 0.2) is 42.9 Å². The molecule has 0 aliphatic carbocycles. The van der Waals surface area contributed by atoms with Gasteiger partial charge in [0.15, 0.2) is 5.13 Å². The Labute approximate surface area is 218 Å². The van der Waals surface area contributed by atoms with Crippen LogP contribution in [-0.4, -0.2) is 59.3 Å². The van der Waals surface area contributed by atoms with Gasteiger partial charge in [0.05, 0.1) is 21.2 Å². The van der Waals surface area contributed by atoms with Gasteiger partial charge in [0.25, 0.3) is 0 Å². The number of carbonyl (C=O) groups excluding carboxylic acids is 1. The second-order valence-electron chi connectivity index (χ2n) is 8.65. The zero-order valence-corrected chi connectivity index (χ0v) is 21.9. The molecular formula is C24H26N8O3S2. The van der Waals surface area contributed by atoms with E-state index in [2.05, 4.69) is 40.6 Å². The molecule has 1 fully saturated rings. The average molecular weight is 539 g/mol. The molecule has 4 N–H and O–H groups in total. The Morgan fingerprint density at radius 1 is 1.14 bits per heavy atom. The molecule has 0 radical (unpaired) electrons. The molecule has 0 spiro atoms. The number of carbonyl (C=O) groups is 1. The first-order valence-corrected chi connectivity index (χ1v) is 14.2. The number of rotatable bonds is 7. The standard InChI is InChI=1S/C24H26N8O3S2/c1-3-26-23(33)31-24-30-20-9-15(8-18(21(20)36-24)19-5-4-14(2)10-27-19)16-11-28-22(29-12-16)32-37(34,35)17-6-7-25-13-17/h4-5,8-12,17,25H,3,6-7,13H2,1-2H3,(H,28,29,32)(H2,26,30,31,33). The molecule has 2 amide bonds. The Kier molecular flexibility index (Phi) is 7.00. The molecule has 1 aliphatic heterocycles. The number of urea groups is 1. The summed E-state index contributed by atoms with van der Waals surface area (Å²) in [5, 5.41) is 8.49. The number of nitrogens with zero attached hydrogens (tertiary/aromatic N) is 4. The first-order valence-electron chi connectivity index (χ1n) is 11.8. The van der Waals surface area contributed by atoms with Gasteiger partial charge in [-0.05, 0) is 56.1 Å². The molecular weight excluding hydrogens is 512 g/mol. The number of anilines is 2. The van der Waals surface area contributed by atoms with Crippen molar-refractivity contribution in [3.05, 3.63) is 48.4 Å². The van der Waals surface area contributed by atoms with Gasteiger partial charge in [-0.2, -0.15) is 0 Å². The van der Waals surface area contributed by atoms with Crippen molar-refractivity contribution in [3.63, 3.8) is 0 Å². The number of pyridine rings is 1. The lowest BCUT2D eigenvalue weighted by Crippen LogP contribution is -2.30. The highest BCUT2D eigenvalue weighted by Crippen LogP contribution is 2.38. The van der Waals surface area contributed by atoms with E-state index in [1.807, 2.05) is 38.1 Å². The van der Waals surface area contributed by atoms with Crippen LogP contribution in [0, 0.1) is 6.92 Å². The van der Waals surface area contributed by atoms with Crippen LogP contribution in [0.3, 0.4) is 0 Å². The summed E-state index contributed by atoms with van der Waals surface area (Å²) in [6, 6.07) is 7.47. The summed E-state index contributed by atoms with van der Waals surface area (Å²) in [5.74, 6) is 0.0271. The summed E-state index contributed by atoms with van der Waals surface area (Å²) in [4.78, 5) is 29.8. The van der Waals surface area contributed by atoms with Gasteiger partial charge >= 0.3 is 6.03 Å². The van der Waals surface area contributed by atoms with Crippen LogP contribution in [0.25, 0.3) is 32.6 Å². The van der Waals surface area contributed by atoms with E-state index in [1.165, 1.54) is 11.3 Å². The fourth-order valence-corrected chi connectivity index (χ4v) is 6.26. The normalized spacial score (nSPS) is 15.6. The lowest BCUT2D eigenvalue weighted by Gasteiger charge is -2.12. The summed E-state index contributed by atoms with van der Waals surface area (Å²) in [6.45, 7) is 5.40. The highest BCUT2D eigenvalue weighted by molar-refractivity contribution is 7.93. The fourth-order valence-electron chi connectivity index (χ4n) is 4.01. The third-order valence-electron chi connectivity index (χ3n) is 5.91. The van der Waals surface area contributed by atoms with Gasteiger partial charge in [0.2, 0.25) is 16.0 Å². The molecule has 1 atom stereocenters. The maximum Gasteiger partial charge on any atom is 0.321 e. The van der Waals surface area contributed by atoms with E-state index in [-0.39, 0.29) is 12.0 Å². The van der Waals surface area contributed by atoms with Crippen molar-refractivity contribution in [2.45, 2.75) is 25.5 Å². The number of nitrogens with one attached hydrogen (secondary N) is 4. The first-order chi connectivity index (χ1) is 17.8. The summed E-state index contributed by atoms with van der Waals surface area (Å²) in [5.41, 5.74) is 4.82. The number of hydrogen-bond donors (Lipinski definition) is 4. The summed E-state index contributed by atoms with van der Waals surface area (Å²) in [6.07, 6.45) is 5.50. The number of amides is 2. The predicted molar refractivity (Wildman–Crippen MR) is 145 cm³/mol. The van der Waals surface area contributed by atoms with E-state index < -0.39 is 15.3 Å². The Morgan fingerprint density at radius 2 is 1.95 bits per heavy atom. The number of aryl methyl sites for hydroxylation is 1. The number of benzene rings is 1. The van der Waals surface area contributed by atoms with Crippen LogP contribution in [0.1, 0.15) is 18.9 Å². The number of hydrogen-bond acceptors (Lipinski definition) is 9. The summed E-state index contributed by atoms with van der Waals surface area (Å²) in [7, 11) is -3.57. The van der Waals surface area contributed by atoms with Crippen molar-refractivity contribution in [1.82, 2.24) is 30.6 Å². The molecule has 1 unspecified atom stereocenters. The Hall–Kier alpha value is -3.68. The Morgan fingerprint density at radius 3 is 2.62 bits per heavy atom. The molecule has 11 nitrogen and oxygen atoms in total. The third-order valence-corrected chi connectivity index (χ3v) is 8.67. The van der Waals surface area contributed by atoms with Crippen molar-refractivity contribution in [2.75, 3.05) is 29.7 Å². The van der Waals surface area contributed by atoms with Crippen molar-refractivity contribution in [2.24, 2.45) is 0 Å². The maximum atomic E-state index is 12.6. The zero-order valence-electron chi connectivity index (χ0n) is 20.3. The molecule has 1 aliphatic rings. The molecule has 13 heteroatoms. The SMILES string of the molecule is CCNC(=O)Nc1nc2cc(-c3cnc(NS(=O)(=O)C4CCNC4)nc3)cc(-c3ccc(C)cn3)c2s1. The minimum absolute atomic E-state index is 0.0271. The van der Waals surface area contributed by atoms with E-state index >= 15 is 0 Å². The second kappa shape index (κ2) is 10.4. The van der Waals surface area contributed by atoms with Crippen LogP contribution >= 0.6 is 11.3 Å². The van der Waals surface area contributed by atoms with Gasteiger partial charge < -0.3 is 10.6 Å². The number of aromatic nitrogens is 4. The molecule has 37 heavy (non-hydrogen) atoms. The molecule has 5 rings (SSSR count). The third kappa shape index (κ3) is 5.53. The highest BCUT2D eigenvalue weighted by Gasteiger charge is 2.29. The Bertz CT molecular complexity index is 1530. The van der Waals surface area contributed by atoms with Crippen molar-refractivity contribution in [1.29, 1.82) is 0 Å². The minimum Gasteiger partial charge on any atom is -0.338 e. The second-order valence-corrected chi connectivity index (χ2v) is 11.6. The molecule has 3 aromatic heterocycles. The molecule has 1 aromatic carbocycles. The zero-order chi connectivity index (χ0) is 26.0. The van der Waals surface area contributed by atoms with Crippen molar-refractivity contribution in [3.8, 4) is 22.4 Å². The largest absolute Gasteiger partial charge is 0.338 e. The monoisotopic (exact) mass is 538 g/mol.